The molecular weight excluding hydrogens is 302 g/mol. The number of amides is 1. The number of hydrogen-bond donors (Lipinski definition) is 2. The zero-order valence-corrected chi connectivity index (χ0v) is 13.0. The Balaban J connectivity index is 1.70. The lowest BCUT2D eigenvalue weighted by Gasteiger charge is -2.12. The monoisotopic (exact) mass is 319 g/mol. The number of nitrogens with one attached hydrogen (secondary N) is 1. The molecule has 3 aromatic carbocycles. The van der Waals surface area contributed by atoms with Gasteiger partial charge in [0.15, 0.2) is 18.1 Å². The van der Waals surface area contributed by atoms with Crippen molar-refractivity contribution in [3.05, 3.63) is 78.9 Å². The lowest BCUT2D eigenvalue weighted by Crippen LogP contribution is -2.20. The Morgan fingerprint density at radius 3 is 2.33 bits per heavy atom. The van der Waals surface area contributed by atoms with Gasteiger partial charge >= 0.3 is 0 Å². The Kier molecular flexibility index (Phi) is 4.77. The predicted molar refractivity (Wildman–Crippen MR) is 94.1 cm³/mol. The molecule has 0 unspecified atom stereocenters. The minimum atomic E-state index is -0.290. The Morgan fingerprint density at radius 1 is 0.875 bits per heavy atom. The van der Waals surface area contributed by atoms with E-state index in [9.17, 15) is 9.90 Å². The fourth-order valence-electron chi connectivity index (χ4n) is 2.37. The summed E-state index contributed by atoms with van der Waals surface area (Å²) in [5.74, 6) is 0.000569. The Morgan fingerprint density at radius 2 is 1.54 bits per heavy atom. The second kappa shape index (κ2) is 7.33. The molecule has 0 fully saturated rings. The van der Waals surface area contributed by atoms with Crippen LogP contribution in [0.5, 0.6) is 11.5 Å². The molecule has 4 nitrogen and oxygen atoms in total. The SMILES string of the molecule is O=C(COc1ccccc1O)Nc1ccccc1-c1ccccc1. The number of para-hydroxylation sites is 3. The maximum Gasteiger partial charge on any atom is 0.262 e. The van der Waals surface area contributed by atoms with Gasteiger partial charge in [-0.2, -0.15) is 0 Å². The molecule has 0 aromatic heterocycles. The lowest BCUT2D eigenvalue weighted by atomic mass is 10.0. The smallest absolute Gasteiger partial charge is 0.262 e. The third kappa shape index (κ3) is 3.73. The summed E-state index contributed by atoms with van der Waals surface area (Å²) in [4.78, 5) is 12.2. The minimum Gasteiger partial charge on any atom is -0.504 e. The van der Waals surface area contributed by atoms with E-state index in [0.29, 0.717) is 0 Å². The average molecular weight is 319 g/mol. The molecule has 0 saturated carbocycles. The molecule has 0 aliphatic rings. The topological polar surface area (TPSA) is 58.6 Å². The molecule has 2 N–H and O–H groups in total. The van der Waals surface area contributed by atoms with Gasteiger partial charge in [0.05, 0.1) is 0 Å². The van der Waals surface area contributed by atoms with E-state index >= 15 is 0 Å². The Bertz CT molecular complexity index is 831. The maximum absolute atomic E-state index is 12.2. The third-order valence-corrected chi connectivity index (χ3v) is 3.51. The van der Waals surface area contributed by atoms with Gasteiger partial charge in [-0.25, -0.2) is 0 Å². The van der Waals surface area contributed by atoms with Crippen LogP contribution in [0.15, 0.2) is 78.9 Å². The molecule has 1 amide bonds. The molecular formula is C20H17NO3. The number of carbonyl (C=O) groups is 1. The fourth-order valence-corrected chi connectivity index (χ4v) is 2.37. The van der Waals surface area contributed by atoms with Crippen molar-refractivity contribution in [1.82, 2.24) is 0 Å². The first-order chi connectivity index (χ1) is 11.7. The summed E-state index contributed by atoms with van der Waals surface area (Å²) in [6.07, 6.45) is 0. The number of phenols is 1. The van der Waals surface area contributed by atoms with Gasteiger partial charge in [0, 0.05) is 11.3 Å². The number of carbonyl (C=O) groups excluding carboxylic acids is 1. The van der Waals surface area contributed by atoms with E-state index in [2.05, 4.69) is 5.32 Å². The van der Waals surface area contributed by atoms with E-state index in [1.54, 1.807) is 18.2 Å². The number of rotatable bonds is 5. The van der Waals surface area contributed by atoms with Crippen LogP contribution < -0.4 is 10.1 Å². The molecule has 4 heteroatoms. The molecule has 3 aromatic rings. The minimum absolute atomic E-state index is 0.00925. The van der Waals surface area contributed by atoms with Crippen molar-refractivity contribution < 1.29 is 14.6 Å². The van der Waals surface area contributed by atoms with Crippen molar-refractivity contribution in [2.75, 3.05) is 11.9 Å². The van der Waals surface area contributed by atoms with Crippen LogP contribution in [0.4, 0.5) is 5.69 Å². The highest BCUT2D eigenvalue weighted by Crippen LogP contribution is 2.28. The first-order valence-corrected chi connectivity index (χ1v) is 7.59. The van der Waals surface area contributed by atoms with Gasteiger partial charge in [-0.15, -0.1) is 0 Å². The van der Waals surface area contributed by atoms with Crippen molar-refractivity contribution in [3.8, 4) is 22.6 Å². The molecule has 0 spiro atoms. The van der Waals surface area contributed by atoms with Crippen LogP contribution >= 0.6 is 0 Å². The molecule has 0 aliphatic heterocycles. The lowest BCUT2D eigenvalue weighted by molar-refractivity contribution is -0.118. The summed E-state index contributed by atoms with van der Waals surface area (Å²) in [7, 11) is 0. The standard InChI is InChI=1S/C20H17NO3/c22-18-12-6-7-13-19(18)24-14-20(23)21-17-11-5-4-10-16(17)15-8-2-1-3-9-15/h1-13,22H,14H2,(H,21,23). The first-order valence-electron chi connectivity index (χ1n) is 7.59. The van der Waals surface area contributed by atoms with Crippen LogP contribution in [-0.4, -0.2) is 17.6 Å². The van der Waals surface area contributed by atoms with Gasteiger partial charge in [-0.3, -0.25) is 4.79 Å². The Hall–Kier alpha value is -3.27. The Labute approximate surface area is 140 Å². The first kappa shape index (κ1) is 15.6. The van der Waals surface area contributed by atoms with Gasteiger partial charge in [-0.05, 0) is 23.8 Å². The normalized spacial score (nSPS) is 10.2. The van der Waals surface area contributed by atoms with Crippen LogP contribution in [0.1, 0.15) is 0 Å². The molecule has 3 rings (SSSR count). The number of phenolic OH excluding ortho intramolecular Hbond substituents is 1. The van der Waals surface area contributed by atoms with Crippen molar-refractivity contribution in [1.29, 1.82) is 0 Å². The van der Waals surface area contributed by atoms with Crippen molar-refractivity contribution in [2.24, 2.45) is 0 Å². The summed E-state index contributed by atoms with van der Waals surface area (Å²) in [5.41, 5.74) is 2.68. The van der Waals surface area contributed by atoms with E-state index in [1.807, 2.05) is 54.6 Å². The number of hydrogen-bond acceptors (Lipinski definition) is 3. The second-order valence-corrected chi connectivity index (χ2v) is 5.22. The van der Waals surface area contributed by atoms with Crippen LogP contribution in [0.2, 0.25) is 0 Å². The molecule has 0 saturated heterocycles. The third-order valence-electron chi connectivity index (χ3n) is 3.51. The number of benzene rings is 3. The second-order valence-electron chi connectivity index (χ2n) is 5.22. The van der Waals surface area contributed by atoms with Crippen LogP contribution in [0.3, 0.4) is 0 Å². The average Bonchev–Trinajstić information content (AvgIpc) is 2.62. The van der Waals surface area contributed by atoms with Gasteiger partial charge < -0.3 is 15.2 Å². The zero-order chi connectivity index (χ0) is 16.8. The summed E-state index contributed by atoms with van der Waals surface area (Å²) < 4.78 is 5.35. The molecule has 0 heterocycles. The largest absolute Gasteiger partial charge is 0.504 e. The van der Waals surface area contributed by atoms with E-state index < -0.39 is 0 Å². The highest BCUT2D eigenvalue weighted by molar-refractivity contribution is 5.96. The van der Waals surface area contributed by atoms with Gasteiger partial charge in [0.2, 0.25) is 0 Å². The van der Waals surface area contributed by atoms with Gasteiger partial charge in [0.1, 0.15) is 0 Å². The molecule has 120 valence electrons. The van der Waals surface area contributed by atoms with E-state index in [4.69, 9.17) is 4.74 Å². The molecule has 0 bridgehead atoms. The number of aromatic hydroxyl groups is 1. The number of ether oxygens (including phenoxy) is 1. The highest BCUT2D eigenvalue weighted by atomic mass is 16.5. The van der Waals surface area contributed by atoms with E-state index in [-0.39, 0.29) is 24.0 Å². The number of anilines is 1. The van der Waals surface area contributed by atoms with E-state index in [1.165, 1.54) is 6.07 Å². The van der Waals surface area contributed by atoms with Gasteiger partial charge in [0.25, 0.3) is 5.91 Å². The molecule has 0 radical (unpaired) electrons. The zero-order valence-electron chi connectivity index (χ0n) is 13.0. The van der Waals surface area contributed by atoms with Crippen molar-refractivity contribution in [3.63, 3.8) is 0 Å². The fraction of sp³-hybridized carbons (Fsp3) is 0.0500. The maximum atomic E-state index is 12.2. The van der Waals surface area contributed by atoms with Crippen molar-refractivity contribution >= 4 is 11.6 Å². The summed E-state index contributed by atoms with van der Waals surface area (Å²) in [6, 6.07) is 24.0. The summed E-state index contributed by atoms with van der Waals surface area (Å²) in [6.45, 7) is -0.180. The highest BCUT2D eigenvalue weighted by Gasteiger charge is 2.09. The molecule has 0 atom stereocenters. The molecule has 24 heavy (non-hydrogen) atoms. The summed E-state index contributed by atoms with van der Waals surface area (Å²) in [5, 5.41) is 12.5. The van der Waals surface area contributed by atoms with Crippen LogP contribution in [0, 0.1) is 0 Å². The van der Waals surface area contributed by atoms with Crippen LogP contribution in [-0.2, 0) is 4.79 Å². The molecule has 0 aliphatic carbocycles. The summed E-state index contributed by atoms with van der Waals surface area (Å²) >= 11 is 0. The predicted octanol–water partition coefficient (Wildman–Crippen LogP) is 4.08. The van der Waals surface area contributed by atoms with Crippen LogP contribution in [0.25, 0.3) is 11.1 Å². The van der Waals surface area contributed by atoms with Gasteiger partial charge in [-0.1, -0.05) is 60.7 Å². The van der Waals surface area contributed by atoms with Crippen molar-refractivity contribution in [2.45, 2.75) is 0 Å². The van der Waals surface area contributed by atoms with E-state index in [0.717, 1.165) is 16.8 Å². The quantitative estimate of drug-likeness (QED) is 0.745.